The molecule has 1 saturated heterocycles. The Hall–Kier alpha value is -1.91. The van der Waals surface area contributed by atoms with Gasteiger partial charge in [0, 0.05) is 40.1 Å². The van der Waals surface area contributed by atoms with Crippen LogP contribution in [0.3, 0.4) is 0 Å². The third-order valence-electron chi connectivity index (χ3n) is 7.61. The number of hydrogen-bond acceptors (Lipinski definition) is 8. The van der Waals surface area contributed by atoms with E-state index in [0.717, 1.165) is 63.6 Å². The SMILES string of the molecule is C[C@H]1NCCc2c1sc(C(CNC1CC3CNCC3C1)C(N)=O)c2-c1nc2cnccc2s1. The molecule has 174 valence electrons. The summed E-state index contributed by atoms with van der Waals surface area (Å²) in [6.07, 6.45) is 6.93. The Balaban J connectivity index is 1.36. The lowest BCUT2D eigenvalue weighted by molar-refractivity contribution is -0.119. The fourth-order valence-corrected chi connectivity index (χ4v) is 8.49. The number of primary amides is 1. The van der Waals surface area contributed by atoms with Gasteiger partial charge < -0.3 is 21.7 Å². The predicted molar refractivity (Wildman–Crippen MR) is 134 cm³/mol. The summed E-state index contributed by atoms with van der Waals surface area (Å²) in [5, 5.41) is 11.8. The zero-order valence-corrected chi connectivity index (χ0v) is 20.4. The van der Waals surface area contributed by atoms with Gasteiger partial charge in [-0.25, -0.2) is 4.98 Å². The molecular weight excluding hydrogens is 452 g/mol. The Bertz CT molecular complexity index is 1140. The van der Waals surface area contributed by atoms with E-state index < -0.39 is 0 Å². The molecule has 0 radical (unpaired) electrons. The molecule has 3 aliphatic rings. The van der Waals surface area contributed by atoms with Crippen LogP contribution >= 0.6 is 22.7 Å². The van der Waals surface area contributed by atoms with Gasteiger partial charge in [-0.3, -0.25) is 9.78 Å². The fourth-order valence-electron chi connectivity index (χ4n) is 5.91. The van der Waals surface area contributed by atoms with E-state index in [1.54, 1.807) is 22.7 Å². The molecular formula is C24H30N6OS2. The van der Waals surface area contributed by atoms with Crippen LogP contribution in [0.15, 0.2) is 18.5 Å². The summed E-state index contributed by atoms with van der Waals surface area (Å²) in [5.41, 5.74) is 9.42. The number of nitrogens with zero attached hydrogens (tertiary/aromatic N) is 2. The molecule has 1 saturated carbocycles. The van der Waals surface area contributed by atoms with E-state index >= 15 is 0 Å². The quantitative estimate of drug-likeness (QED) is 0.431. The molecule has 1 amide bonds. The molecule has 3 aromatic heterocycles. The van der Waals surface area contributed by atoms with E-state index in [1.165, 1.54) is 23.3 Å². The minimum atomic E-state index is -0.355. The Morgan fingerprint density at radius 3 is 2.88 bits per heavy atom. The average molecular weight is 483 g/mol. The number of thiophene rings is 1. The van der Waals surface area contributed by atoms with Crippen LogP contribution in [-0.2, 0) is 11.2 Å². The van der Waals surface area contributed by atoms with Crippen molar-refractivity contribution in [2.24, 2.45) is 17.6 Å². The van der Waals surface area contributed by atoms with Gasteiger partial charge in [-0.05, 0) is 69.3 Å². The van der Waals surface area contributed by atoms with Gasteiger partial charge >= 0.3 is 0 Å². The molecule has 0 spiro atoms. The lowest BCUT2D eigenvalue weighted by Gasteiger charge is -2.21. The summed E-state index contributed by atoms with van der Waals surface area (Å²) in [7, 11) is 0. The number of nitrogens with two attached hydrogens (primary N) is 1. The van der Waals surface area contributed by atoms with Gasteiger partial charge in [0.15, 0.2) is 0 Å². The van der Waals surface area contributed by atoms with E-state index in [0.29, 0.717) is 12.6 Å². The lowest BCUT2D eigenvalue weighted by atomic mass is 9.95. The van der Waals surface area contributed by atoms with Crippen LogP contribution in [0.1, 0.15) is 47.0 Å². The molecule has 1 aliphatic carbocycles. The van der Waals surface area contributed by atoms with Gasteiger partial charge in [-0.1, -0.05) is 0 Å². The molecule has 33 heavy (non-hydrogen) atoms. The summed E-state index contributed by atoms with van der Waals surface area (Å²) in [4.78, 5) is 24.3. The first-order valence-electron chi connectivity index (χ1n) is 11.9. The molecule has 6 rings (SSSR count). The maximum Gasteiger partial charge on any atom is 0.227 e. The van der Waals surface area contributed by atoms with Crippen LogP contribution in [0.5, 0.6) is 0 Å². The number of aromatic nitrogens is 2. The highest BCUT2D eigenvalue weighted by Gasteiger charge is 2.38. The van der Waals surface area contributed by atoms with Crippen molar-refractivity contribution in [2.45, 2.75) is 44.2 Å². The standard InChI is InChI=1S/C24H30N6OS2/c1-12-21-16(2-5-28-12)20(24-30-18-11-26-4-3-19(18)32-24)22(33-21)17(23(25)31)10-29-15-6-13-8-27-9-14(13)7-15/h3-4,11-15,17,27-29H,2,5-10H2,1H3,(H2,25,31)/t12-,13?,14?,15?,17?/m1/s1. The smallest absolute Gasteiger partial charge is 0.227 e. The van der Waals surface area contributed by atoms with Gasteiger partial charge in [0.25, 0.3) is 0 Å². The van der Waals surface area contributed by atoms with Crippen molar-refractivity contribution in [1.29, 1.82) is 0 Å². The molecule has 2 fully saturated rings. The second-order valence-corrected chi connectivity index (χ2v) is 11.8. The van der Waals surface area contributed by atoms with Crippen LogP contribution in [0.25, 0.3) is 20.8 Å². The van der Waals surface area contributed by atoms with Crippen molar-refractivity contribution >= 4 is 38.8 Å². The summed E-state index contributed by atoms with van der Waals surface area (Å²) >= 11 is 3.43. The zero-order chi connectivity index (χ0) is 22.5. The first-order chi connectivity index (χ1) is 16.1. The number of hydrogen-bond donors (Lipinski definition) is 4. The first-order valence-corrected chi connectivity index (χ1v) is 13.5. The van der Waals surface area contributed by atoms with Gasteiger partial charge in [-0.2, -0.15) is 0 Å². The van der Waals surface area contributed by atoms with Gasteiger partial charge in [0.05, 0.1) is 16.8 Å². The molecule has 7 nitrogen and oxygen atoms in total. The minimum Gasteiger partial charge on any atom is -0.369 e. The summed E-state index contributed by atoms with van der Waals surface area (Å²) < 4.78 is 1.12. The monoisotopic (exact) mass is 482 g/mol. The highest BCUT2D eigenvalue weighted by atomic mass is 32.1. The van der Waals surface area contributed by atoms with E-state index in [2.05, 4.69) is 27.9 Å². The highest BCUT2D eigenvalue weighted by Crippen LogP contribution is 2.46. The Labute approximate surface area is 201 Å². The molecule has 3 aromatic rings. The molecule has 5 heterocycles. The number of fused-ring (bicyclic) bond motifs is 3. The maximum absolute atomic E-state index is 12.8. The van der Waals surface area contributed by atoms with E-state index in [-0.39, 0.29) is 17.9 Å². The largest absolute Gasteiger partial charge is 0.369 e. The predicted octanol–water partition coefficient (Wildman–Crippen LogP) is 2.78. The highest BCUT2D eigenvalue weighted by molar-refractivity contribution is 7.22. The van der Waals surface area contributed by atoms with Crippen molar-refractivity contribution in [3.8, 4) is 10.6 Å². The topological polar surface area (TPSA) is 105 Å². The number of carbonyl (C=O) groups is 1. The molecule has 2 aliphatic heterocycles. The Morgan fingerprint density at radius 1 is 1.30 bits per heavy atom. The second-order valence-electron chi connectivity index (χ2n) is 9.68. The van der Waals surface area contributed by atoms with Crippen molar-refractivity contribution < 1.29 is 4.79 Å². The van der Waals surface area contributed by atoms with Crippen LogP contribution in [0, 0.1) is 11.8 Å². The van der Waals surface area contributed by atoms with E-state index in [9.17, 15) is 4.79 Å². The maximum atomic E-state index is 12.8. The number of rotatable bonds is 6. The van der Waals surface area contributed by atoms with Gasteiger partial charge in [0.2, 0.25) is 5.91 Å². The lowest BCUT2D eigenvalue weighted by Crippen LogP contribution is -2.36. The molecule has 0 bridgehead atoms. The number of carbonyl (C=O) groups excluding carboxylic acids is 1. The molecule has 9 heteroatoms. The van der Waals surface area contributed by atoms with Crippen LogP contribution in [-0.4, -0.2) is 48.1 Å². The van der Waals surface area contributed by atoms with Crippen LogP contribution in [0.2, 0.25) is 0 Å². The molecule has 0 aromatic carbocycles. The fraction of sp³-hybridized carbons (Fsp3) is 0.542. The number of pyridine rings is 1. The first kappa shape index (κ1) is 21.6. The molecule has 5 N–H and O–H groups in total. The van der Waals surface area contributed by atoms with Crippen molar-refractivity contribution in [3.63, 3.8) is 0 Å². The summed E-state index contributed by atoms with van der Waals surface area (Å²) in [5.74, 6) is 0.918. The average Bonchev–Trinajstić information content (AvgIpc) is 3.55. The Kier molecular flexibility index (Phi) is 5.70. The Morgan fingerprint density at radius 2 is 2.12 bits per heavy atom. The number of amides is 1. The van der Waals surface area contributed by atoms with Gasteiger partial charge in [0.1, 0.15) is 10.5 Å². The summed E-state index contributed by atoms with van der Waals surface area (Å²) in [6, 6.07) is 2.75. The minimum absolute atomic E-state index is 0.259. The third-order valence-corrected chi connectivity index (χ3v) is 10.2. The van der Waals surface area contributed by atoms with Crippen LogP contribution < -0.4 is 21.7 Å². The number of nitrogens with one attached hydrogen (secondary N) is 3. The van der Waals surface area contributed by atoms with Crippen molar-refractivity contribution in [2.75, 3.05) is 26.2 Å². The normalized spacial score (nSPS) is 27.5. The van der Waals surface area contributed by atoms with Crippen LogP contribution in [0.4, 0.5) is 0 Å². The van der Waals surface area contributed by atoms with E-state index in [1.807, 2.05) is 18.5 Å². The van der Waals surface area contributed by atoms with Crippen molar-refractivity contribution in [3.05, 3.63) is 33.8 Å². The van der Waals surface area contributed by atoms with Gasteiger partial charge in [-0.15, -0.1) is 22.7 Å². The third kappa shape index (κ3) is 3.89. The van der Waals surface area contributed by atoms with E-state index in [4.69, 9.17) is 10.7 Å². The summed E-state index contributed by atoms with van der Waals surface area (Å²) in [6.45, 7) is 5.98. The zero-order valence-electron chi connectivity index (χ0n) is 18.8. The molecule has 3 unspecified atom stereocenters. The second kappa shape index (κ2) is 8.70. The number of thiazole rings is 1. The van der Waals surface area contributed by atoms with Crippen molar-refractivity contribution in [1.82, 2.24) is 25.9 Å². The molecule has 4 atom stereocenters.